The molecule has 0 aromatic carbocycles. The summed E-state index contributed by atoms with van der Waals surface area (Å²) in [6.07, 6.45) is 2.31. The van der Waals surface area contributed by atoms with Crippen molar-refractivity contribution < 1.29 is 9.90 Å². The molecule has 0 spiro atoms. The van der Waals surface area contributed by atoms with E-state index < -0.39 is 5.97 Å². The van der Waals surface area contributed by atoms with E-state index in [1.807, 2.05) is 19.0 Å². The van der Waals surface area contributed by atoms with Gasteiger partial charge in [-0.2, -0.15) is 0 Å². The monoisotopic (exact) mass is 237 g/mol. The lowest BCUT2D eigenvalue weighted by molar-refractivity contribution is -0.132. The second-order valence-corrected chi connectivity index (χ2v) is 4.26. The van der Waals surface area contributed by atoms with Crippen molar-refractivity contribution in [2.24, 2.45) is 4.99 Å². The number of carboxylic acids is 1. The van der Waals surface area contributed by atoms with Gasteiger partial charge in [-0.1, -0.05) is 12.7 Å². The maximum absolute atomic E-state index is 11.0. The quantitative estimate of drug-likeness (QED) is 0.436. The predicted octanol–water partition coefficient (Wildman–Crippen LogP) is 0.805. The van der Waals surface area contributed by atoms with Gasteiger partial charge in [0.05, 0.1) is 0 Å². The molecule has 0 radical (unpaired) electrons. The number of rotatable bonds is 5. The van der Waals surface area contributed by atoms with E-state index in [4.69, 9.17) is 5.11 Å². The van der Waals surface area contributed by atoms with Crippen LogP contribution in [0.25, 0.3) is 0 Å². The molecule has 1 unspecified atom stereocenters. The Balaban J connectivity index is 2.94. The van der Waals surface area contributed by atoms with Crippen molar-refractivity contribution in [2.75, 3.05) is 27.2 Å². The minimum atomic E-state index is -1.02. The number of nitrogens with zero attached hydrogens (tertiary/aromatic N) is 3. The van der Waals surface area contributed by atoms with Gasteiger partial charge in [0, 0.05) is 19.1 Å². The molecule has 1 heterocycles. The van der Waals surface area contributed by atoms with Crippen LogP contribution < -0.4 is 0 Å². The van der Waals surface area contributed by atoms with Gasteiger partial charge in [-0.3, -0.25) is 0 Å². The zero-order valence-corrected chi connectivity index (χ0v) is 10.4. The lowest BCUT2D eigenvalue weighted by Gasteiger charge is -2.22. The van der Waals surface area contributed by atoms with E-state index in [-0.39, 0.29) is 5.57 Å². The zero-order valence-electron chi connectivity index (χ0n) is 10.4. The van der Waals surface area contributed by atoms with Gasteiger partial charge < -0.3 is 14.9 Å². The summed E-state index contributed by atoms with van der Waals surface area (Å²) in [6.45, 7) is 8.53. The molecule has 0 aromatic heterocycles. The maximum atomic E-state index is 11.0. The smallest absolute Gasteiger partial charge is 0.339 e. The summed E-state index contributed by atoms with van der Waals surface area (Å²) in [5, 5.41) is 9.06. The van der Waals surface area contributed by atoms with Crippen molar-refractivity contribution in [3.8, 4) is 0 Å². The van der Waals surface area contributed by atoms with Crippen molar-refractivity contribution in [3.05, 3.63) is 24.0 Å². The number of aliphatic carboxylic acids is 1. The third-order valence-corrected chi connectivity index (χ3v) is 3.02. The third-order valence-electron chi connectivity index (χ3n) is 3.02. The largest absolute Gasteiger partial charge is 0.478 e. The summed E-state index contributed by atoms with van der Waals surface area (Å²) < 4.78 is 0. The van der Waals surface area contributed by atoms with Gasteiger partial charge in [0.15, 0.2) is 0 Å². The summed E-state index contributed by atoms with van der Waals surface area (Å²) in [7, 11) is 4.04. The van der Waals surface area contributed by atoms with Crippen LogP contribution in [0.4, 0.5) is 0 Å². The van der Waals surface area contributed by atoms with Gasteiger partial charge in [-0.05, 0) is 27.2 Å². The van der Waals surface area contributed by atoms with Gasteiger partial charge in [0.1, 0.15) is 11.4 Å². The maximum Gasteiger partial charge on any atom is 0.339 e. The van der Waals surface area contributed by atoms with E-state index >= 15 is 0 Å². The highest BCUT2D eigenvalue weighted by atomic mass is 16.4. The average molecular weight is 237 g/mol. The Kier molecular flexibility index (Phi) is 4.45. The molecule has 0 saturated carbocycles. The molecule has 1 aliphatic heterocycles. The van der Waals surface area contributed by atoms with Gasteiger partial charge >= 0.3 is 5.97 Å². The van der Waals surface area contributed by atoms with Crippen LogP contribution in [0.5, 0.6) is 0 Å². The van der Waals surface area contributed by atoms with Crippen LogP contribution in [0.15, 0.2) is 29.0 Å². The Labute approximate surface area is 102 Å². The van der Waals surface area contributed by atoms with E-state index in [1.54, 1.807) is 0 Å². The zero-order chi connectivity index (χ0) is 13.0. The SMILES string of the molecule is C=C/C(C(=O)O)=C(\N=C)N1CCC(N(C)C)C1. The summed E-state index contributed by atoms with van der Waals surface area (Å²) >= 11 is 0. The molecule has 0 aliphatic carbocycles. The fourth-order valence-corrected chi connectivity index (χ4v) is 1.99. The van der Waals surface area contributed by atoms with Crippen molar-refractivity contribution in [1.29, 1.82) is 0 Å². The molecule has 1 fully saturated rings. The van der Waals surface area contributed by atoms with E-state index in [0.717, 1.165) is 19.5 Å². The Hall–Kier alpha value is -1.62. The standard InChI is InChI=1S/C12H19N3O2/c1-5-10(12(16)17)11(13-2)15-7-6-9(8-15)14(3)4/h5,9H,1-2,6-8H2,3-4H3,(H,16,17)/b11-10-. The number of likely N-dealkylation sites (N-methyl/N-ethyl adjacent to an activating group) is 1. The summed E-state index contributed by atoms with van der Waals surface area (Å²) in [6, 6.07) is 0.423. The Morgan fingerprint density at radius 1 is 1.59 bits per heavy atom. The Morgan fingerprint density at radius 3 is 2.59 bits per heavy atom. The highest BCUT2D eigenvalue weighted by Crippen LogP contribution is 2.21. The first-order chi connectivity index (χ1) is 8.01. The predicted molar refractivity (Wildman–Crippen MR) is 68.1 cm³/mol. The Bertz CT molecular complexity index is 361. The Morgan fingerprint density at radius 2 is 2.24 bits per heavy atom. The number of aliphatic imine (C=N–C) groups is 1. The van der Waals surface area contributed by atoms with Gasteiger partial charge in [0.25, 0.3) is 0 Å². The van der Waals surface area contributed by atoms with E-state index in [2.05, 4.69) is 23.2 Å². The van der Waals surface area contributed by atoms with Crippen molar-refractivity contribution in [3.63, 3.8) is 0 Å². The second kappa shape index (κ2) is 5.63. The van der Waals surface area contributed by atoms with E-state index in [9.17, 15) is 4.79 Å². The fourth-order valence-electron chi connectivity index (χ4n) is 1.99. The average Bonchev–Trinajstić information content (AvgIpc) is 2.74. The number of hydrogen-bond donors (Lipinski definition) is 1. The molecule has 1 N–H and O–H groups in total. The molecule has 1 atom stereocenters. The van der Waals surface area contributed by atoms with Crippen LogP contribution >= 0.6 is 0 Å². The van der Waals surface area contributed by atoms with E-state index in [1.165, 1.54) is 6.08 Å². The first-order valence-electron chi connectivity index (χ1n) is 5.49. The third kappa shape index (κ3) is 2.94. The summed E-state index contributed by atoms with van der Waals surface area (Å²) in [5.41, 5.74) is 0.111. The minimum absolute atomic E-state index is 0.111. The number of hydrogen-bond acceptors (Lipinski definition) is 4. The van der Waals surface area contributed by atoms with Gasteiger partial charge in [0.2, 0.25) is 0 Å². The van der Waals surface area contributed by atoms with Crippen molar-refractivity contribution >= 4 is 12.7 Å². The molecule has 94 valence electrons. The highest BCUT2D eigenvalue weighted by molar-refractivity contribution is 5.90. The highest BCUT2D eigenvalue weighted by Gasteiger charge is 2.27. The van der Waals surface area contributed by atoms with Crippen LogP contribution in [0, 0.1) is 0 Å². The first-order valence-corrected chi connectivity index (χ1v) is 5.49. The molecule has 1 rings (SSSR count). The fraction of sp³-hybridized carbons (Fsp3) is 0.500. The molecular formula is C12H19N3O2. The molecule has 1 aliphatic rings. The van der Waals surface area contributed by atoms with Gasteiger partial charge in [-0.15, -0.1) is 0 Å². The molecule has 5 nitrogen and oxygen atoms in total. The van der Waals surface area contributed by atoms with Gasteiger partial charge in [-0.25, -0.2) is 9.79 Å². The minimum Gasteiger partial charge on any atom is -0.478 e. The topological polar surface area (TPSA) is 56.1 Å². The number of carboxylic acid groups (broad SMARTS) is 1. The van der Waals surface area contributed by atoms with Crippen LogP contribution in [0.1, 0.15) is 6.42 Å². The molecule has 0 aromatic rings. The van der Waals surface area contributed by atoms with E-state index in [0.29, 0.717) is 11.9 Å². The van der Waals surface area contributed by atoms with Crippen LogP contribution in [0.3, 0.4) is 0 Å². The lowest BCUT2D eigenvalue weighted by Crippen LogP contribution is -2.31. The molecule has 1 saturated heterocycles. The van der Waals surface area contributed by atoms with Crippen molar-refractivity contribution in [1.82, 2.24) is 9.80 Å². The van der Waals surface area contributed by atoms with Crippen molar-refractivity contribution in [2.45, 2.75) is 12.5 Å². The second-order valence-electron chi connectivity index (χ2n) is 4.26. The summed E-state index contributed by atoms with van der Waals surface area (Å²) in [4.78, 5) is 19.0. The van der Waals surface area contributed by atoms with Crippen LogP contribution in [-0.2, 0) is 4.79 Å². The molecule has 17 heavy (non-hydrogen) atoms. The molecule has 0 bridgehead atoms. The summed E-state index contributed by atoms with van der Waals surface area (Å²) in [5.74, 6) is -0.604. The molecule has 0 amide bonds. The lowest BCUT2D eigenvalue weighted by atomic mass is 10.2. The molecular weight excluding hydrogens is 218 g/mol. The number of carbonyl (C=O) groups is 1. The normalized spacial score (nSPS) is 21.4. The number of likely N-dealkylation sites (tertiary alicyclic amines) is 1. The van der Waals surface area contributed by atoms with Crippen LogP contribution in [-0.4, -0.2) is 60.8 Å². The molecule has 5 heteroatoms. The first kappa shape index (κ1) is 13.4. The van der Waals surface area contributed by atoms with Crippen LogP contribution in [0.2, 0.25) is 0 Å².